The fourth-order valence-corrected chi connectivity index (χ4v) is 5.14. The highest BCUT2D eigenvalue weighted by Gasteiger charge is 2.26. The van der Waals surface area contributed by atoms with Gasteiger partial charge in [-0.05, 0) is 64.5 Å². The minimum atomic E-state index is -4.91. The first-order chi connectivity index (χ1) is 28.7. The number of carboxylic acids is 1. The van der Waals surface area contributed by atoms with Gasteiger partial charge in [-0.2, -0.15) is 0 Å². The molecule has 0 saturated carbocycles. The van der Waals surface area contributed by atoms with E-state index in [0.717, 1.165) is 0 Å². The van der Waals surface area contributed by atoms with Crippen LogP contribution in [0.3, 0.4) is 0 Å². The van der Waals surface area contributed by atoms with Crippen molar-refractivity contribution in [2.75, 3.05) is 66.0 Å². The number of carbonyl (C=O) groups is 9. The number of hydrogen-bond acceptors (Lipinski definition) is 15. The molecule has 0 unspecified atom stereocenters. The van der Waals surface area contributed by atoms with Crippen molar-refractivity contribution < 1.29 is 67.1 Å². The molecule has 0 fully saturated rings. The van der Waals surface area contributed by atoms with E-state index in [1.807, 2.05) is 0 Å². The average molecular weight is 897 g/mol. The molecule has 0 aliphatic rings. The van der Waals surface area contributed by atoms with Crippen molar-refractivity contribution >= 4 is 67.0 Å². The van der Waals surface area contributed by atoms with Gasteiger partial charge in [0.15, 0.2) is 5.96 Å². The predicted octanol–water partition coefficient (Wildman–Crippen LogP) is -7.88. The molecule has 8 amide bonds. The predicted molar refractivity (Wildman–Crippen MR) is 215 cm³/mol. The second kappa shape index (κ2) is 31.4. The molecule has 0 bridgehead atoms. The van der Waals surface area contributed by atoms with Crippen LogP contribution in [0.5, 0.6) is 0 Å². The summed E-state index contributed by atoms with van der Waals surface area (Å²) in [5.74, 6) is -7.79. The molecule has 0 aromatic rings. The normalized spacial score (nSPS) is 13.2. The Labute approximate surface area is 351 Å². The van der Waals surface area contributed by atoms with E-state index in [-0.39, 0.29) is 44.7 Å². The van der Waals surface area contributed by atoms with Gasteiger partial charge in [-0.25, -0.2) is 4.57 Å². The third-order valence-corrected chi connectivity index (χ3v) is 8.44. The van der Waals surface area contributed by atoms with Crippen molar-refractivity contribution in [3.63, 3.8) is 0 Å². The quantitative estimate of drug-likeness (QED) is 0.0129. The van der Waals surface area contributed by atoms with Crippen LogP contribution in [-0.2, 0) is 52.2 Å². The number of carboxylic acid groups (broad SMARTS) is 1. The zero-order valence-corrected chi connectivity index (χ0v) is 34.8. The lowest BCUT2D eigenvalue weighted by molar-refractivity contribution is -0.138. The second-order valence-electron chi connectivity index (χ2n) is 13.0. The van der Waals surface area contributed by atoms with E-state index < -0.39 is 125 Å². The molecular formula is C32H61N14O14P. The van der Waals surface area contributed by atoms with E-state index >= 15 is 0 Å². The van der Waals surface area contributed by atoms with Gasteiger partial charge in [0.05, 0.1) is 32.8 Å². The van der Waals surface area contributed by atoms with Gasteiger partial charge in [0, 0.05) is 13.6 Å². The molecule has 28 nitrogen and oxygen atoms in total. The van der Waals surface area contributed by atoms with E-state index in [9.17, 15) is 47.7 Å². The van der Waals surface area contributed by atoms with Crippen LogP contribution in [0.4, 0.5) is 0 Å². The topological polar surface area (TPSA) is 465 Å². The maximum absolute atomic E-state index is 13.1. The van der Waals surface area contributed by atoms with Gasteiger partial charge < -0.3 is 85.7 Å². The summed E-state index contributed by atoms with van der Waals surface area (Å²) in [5.41, 5.74) is 22.1. The molecule has 0 aliphatic carbocycles. The van der Waals surface area contributed by atoms with Crippen LogP contribution >= 0.6 is 7.82 Å². The Morgan fingerprint density at radius 3 is 1.39 bits per heavy atom. The Morgan fingerprint density at radius 2 is 0.984 bits per heavy atom. The van der Waals surface area contributed by atoms with Gasteiger partial charge in [0.2, 0.25) is 47.3 Å². The van der Waals surface area contributed by atoms with E-state index in [0.29, 0.717) is 32.2 Å². The number of nitrogens with zero attached hydrogens (tertiary/aromatic N) is 1. The molecule has 0 aliphatic heterocycles. The van der Waals surface area contributed by atoms with E-state index in [2.05, 4.69) is 57.4 Å². The van der Waals surface area contributed by atoms with Gasteiger partial charge in [0.1, 0.15) is 30.7 Å². The number of rotatable bonds is 32. The molecule has 4 atom stereocenters. The number of nitrogens with two attached hydrogens (primary N) is 4. The summed E-state index contributed by atoms with van der Waals surface area (Å²) < 4.78 is 15.0. The first-order valence-electron chi connectivity index (χ1n) is 19.0. The number of nitrogens with one attached hydrogen (secondary N) is 9. The highest BCUT2D eigenvalue weighted by molar-refractivity contribution is 7.46. The van der Waals surface area contributed by atoms with Crippen molar-refractivity contribution in [1.29, 1.82) is 0 Å². The Balaban J connectivity index is 5.36. The van der Waals surface area contributed by atoms with Crippen LogP contribution in [0.15, 0.2) is 4.99 Å². The van der Waals surface area contributed by atoms with Crippen LogP contribution in [0, 0.1) is 0 Å². The fourth-order valence-electron chi connectivity index (χ4n) is 4.79. The van der Waals surface area contributed by atoms with Crippen LogP contribution in [0.2, 0.25) is 0 Å². The number of phosphoric ester groups is 1. The second-order valence-corrected chi connectivity index (χ2v) is 14.3. The first kappa shape index (κ1) is 55.5. The highest BCUT2D eigenvalue weighted by Crippen LogP contribution is 2.35. The Kier molecular flexibility index (Phi) is 28.5. The van der Waals surface area contributed by atoms with Gasteiger partial charge in [-0.15, -0.1) is 0 Å². The number of carbonyl (C=O) groups excluding carboxylic acids is 8. The van der Waals surface area contributed by atoms with Crippen molar-refractivity contribution in [2.45, 2.75) is 75.5 Å². The van der Waals surface area contributed by atoms with Crippen molar-refractivity contribution in [1.82, 2.24) is 47.9 Å². The minimum absolute atomic E-state index is 0.00187. The molecule has 61 heavy (non-hydrogen) atoms. The summed E-state index contributed by atoms with van der Waals surface area (Å²) in [6, 6.07) is -5.09. The van der Waals surface area contributed by atoms with Crippen molar-refractivity contribution in [2.24, 2.45) is 27.9 Å². The largest absolute Gasteiger partial charge is 0.480 e. The zero-order chi connectivity index (χ0) is 46.4. The number of guanidine groups is 1. The molecule has 0 heterocycles. The highest BCUT2D eigenvalue weighted by atomic mass is 31.2. The van der Waals surface area contributed by atoms with Gasteiger partial charge in [-0.3, -0.25) is 52.7 Å². The number of amides is 8. The maximum Gasteiger partial charge on any atom is 0.469 e. The molecule has 0 saturated heterocycles. The molecule has 0 rings (SSSR count). The van der Waals surface area contributed by atoms with E-state index in [1.165, 1.54) is 7.05 Å². The number of aliphatic carboxylic acids is 1. The lowest BCUT2D eigenvalue weighted by Crippen LogP contribution is -2.54. The SMILES string of the molecule is CN=C(N)NCCC[C@H](NC(=O)CNC(=O)[C@@H](N)COP(=O)(O)O)C(=O)NCC(=O)N[C@@H](CCCCN)C(=O)NCC(=O)NCC(=O)N[C@@H](CCCCN)C(=O)NCC(=O)O. The summed E-state index contributed by atoms with van der Waals surface area (Å²) in [5, 5.41) is 30.2. The number of unbranched alkanes of at least 4 members (excludes halogenated alkanes) is 2. The lowest BCUT2D eigenvalue weighted by Gasteiger charge is -2.21. The molecule has 348 valence electrons. The van der Waals surface area contributed by atoms with Gasteiger partial charge >= 0.3 is 13.8 Å². The van der Waals surface area contributed by atoms with Crippen LogP contribution in [0.1, 0.15) is 51.4 Å². The number of phosphoric acid groups is 1. The van der Waals surface area contributed by atoms with Crippen LogP contribution in [0.25, 0.3) is 0 Å². The monoisotopic (exact) mass is 896 g/mol. The van der Waals surface area contributed by atoms with Gasteiger partial charge in [0.25, 0.3) is 0 Å². The molecule has 20 N–H and O–H groups in total. The molecule has 0 radical (unpaired) electrons. The summed E-state index contributed by atoms with van der Waals surface area (Å²) in [7, 11) is -3.47. The summed E-state index contributed by atoms with van der Waals surface area (Å²) in [6.07, 6.45) is 2.33. The number of hydrogen-bond donors (Lipinski definition) is 16. The Morgan fingerprint density at radius 1 is 0.590 bits per heavy atom. The van der Waals surface area contributed by atoms with Crippen LogP contribution in [-0.4, -0.2) is 164 Å². The van der Waals surface area contributed by atoms with E-state index in [4.69, 9.17) is 37.8 Å². The smallest absolute Gasteiger partial charge is 0.469 e. The standard InChI is InChI=1S/C32H61N14O14P/c1-37-32(36)38-12-6-9-22(46-25(49)15-40-28(53)19(35)18-60-61(57,58)59)30(55)42-16-26(50)45-20(7-2-4-10-33)29(54)41-13-23(47)39-14-24(48)44-21(8-3-5-11-34)31(56)43-17-27(51)52/h19-22H,2-18,33-35H2,1H3,(H,39,47)(H,40,53)(H,41,54)(H,42,55)(H,43,56)(H,44,48)(H,45,50)(H,46,49)(H,51,52)(H3,36,37,38)(H2,57,58,59)/t19-,20-,21-,22-/m0/s1. The molecule has 29 heteroatoms. The average Bonchev–Trinajstić information content (AvgIpc) is 3.21. The third-order valence-electron chi connectivity index (χ3n) is 7.95. The summed E-state index contributed by atoms with van der Waals surface area (Å²) in [6.45, 7) is -3.26. The Bertz CT molecular complexity index is 1550. The van der Waals surface area contributed by atoms with Crippen molar-refractivity contribution in [3.8, 4) is 0 Å². The summed E-state index contributed by atoms with van der Waals surface area (Å²) in [4.78, 5) is 133. The van der Waals surface area contributed by atoms with Crippen LogP contribution < -0.4 is 70.8 Å². The third kappa shape index (κ3) is 28.6. The molecule has 0 aromatic carbocycles. The molecular weight excluding hydrogens is 835 g/mol. The molecule has 0 aromatic heterocycles. The Hall–Kier alpha value is -5.51. The first-order valence-corrected chi connectivity index (χ1v) is 20.5. The lowest BCUT2D eigenvalue weighted by atomic mass is 10.1. The van der Waals surface area contributed by atoms with Crippen molar-refractivity contribution in [3.05, 3.63) is 0 Å². The fraction of sp³-hybridized carbons (Fsp3) is 0.688. The van der Waals surface area contributed by atoms with Gasteiger partial charge in [-0.1, -0.05) is 0 Å². The zero-order valence-electron chi connectivity index (χ0n) is 33.9. The summed E-state index contributed by atoms with van der Waals surface area (Å²) >= 11 is 0. The number of aliphatic imine (C=N–C) groups is 1. The van der Waals surface area contributed by atoms with E-state index in [1.54, 1.807) is 0 Å². The molecule has 0 spiro atoms. The minimum Gasteiger partial charge on any atom is -0.480 e. The maximum atomic E-state index is 13.1.